The third kappa shape index (κ3) is 2.33. The van der Waals surface area contributed by atoms with Crippen molar-refractivity contribution in [3.8, 4) is 0 Å². The molecular formula is C9H12N2O6Sn. The van der Waals surface area contributed by atoms with Crippen molar-refractivity contribution >= 4 is 25.8 Å². The predicted octanol–water partition coefficient (Wildman–Crippen LogP) is -3.71. The number of ether oxygens (including phenoxy) is 1. The Morgan fingerprint density at radius 2 is 2.06 bits per heavy atom. The van der Waals surface area contributed by atoms with Crippen molar-refractivity contribution in [2.24, 2.45) is 0 Å². The van der Waals surface area contributed by atoms with Crippen molar-refractivity contribution in [2.75, 3.05) is 0 Å². The second-order valence-electron chi connectivity index (χ2n) is 3.94. The fraction of sp³-hybridized carbons (Fsp3) is 0.444. The summed E-state index contributed by atoms with van der Waals surface area (Å²) in [5, 5.41) is 28.9. The zero-order chi connectivity index (χ0) is 13.4. The summed E-state index contributed by atoms with van der Waals surface area (Å²) in [6, 6.07) is 1.10. The minimum atomic E-state index is -1.36. The molecule has 0 bridgehead atoms. The Labute approximate surface area is 113 Å². The van der Waals surface area contributed by atoms with Crippen LogP contribution in [-0.4, -0.2) is 68.9 Å². The molecule has 0 aliphatic carbocycles. The normalized spacial score (nSPS) is 31.5. The van der Waals surface area contributed by atoms with Gasteiger partial charge in [-0.1, -0.05) is 0 Å². The van der Waals surface area contributed by atoms with Crippen molar-refractivity contribution in [1.82, 2.24) is 9.55 Å². The number of nitrogens with zero attached hydrogens (tertiary/aromatic N) is 1. The molecular weight excluding hydrogens is 351 g/mol. The van der Waals surface area contributed by atoms with Crippen LogP contribution >= 0.6 is 0 Å². The Morgan fingerprint density at radius 3 is 2.56 bits per heavy atom. The van der Waals surface area contributed by atoms with Crippen LogP contribution in [0.15, 0.2) is 21.9 Å². The van der Waals surface area contributed by atoms with Gasteiger partial charge in [-0.25, -0.2) is 0 Å². The van der Waals surface area contributed by atoms with E-state index in [4.69, 9.17) is 4.74 Å². The van der Waals surface area contributed by atoms with Gasteiger partial charge in [-0.15, -0.1) is 0 Å². The molecule has 0 spiro atoms. The monoisotopic (exact) mass is 364 g/mol. The Kier molecular flexibility index (Phi) is 3.82. The summed E-state index contributed by atoms with van der Waals surface area (Å²) < 4.78 is 6.18. The fourth-order valence-corrected chi connectivity index (χ4v) is 2.76. The van der Waals surface area contributed by atoms with E-state index in [1.807, 2.05) is 4.98 Å². The van der Waals surface area contributed by atoms with Crippen LogP contribution in [0.25, 0.3) is 0 Å². The minimum absolute atomic E-state index is 0.0369. The summed E-state index contributed by atoms with van der Waals surface area (Å²) in [5.41, 5.74) is -1.32. The third-order valence-electron chi connectivity index (χ3n) is 2.69. The summed E-state index contributed by atoms with van der Waals surface area (Å²) in [6.45, 7) is 0. The van der Waals surface area contributed by atoms with E-state index in [1.165, 1.54) is 0 Å². The molecule has 1 aromatic heterocycles. The summed E-state index contributed by atoms with van der Waals surface area (Å²) in [5.74, 6) is 0. The Balaban J connectivity index is 2.38. The molecule has 18 heavy (non-hydrogen) atoms. The van der Waals surface area contributed by atoms with Crippen LogP contribution in [0.3, 0.4) is 0 Å². The molecule has 1 aromatic rings. The number of H-pyrrole nitrogens is 1. The van der Waals surface area contributed by atoms with Gasteiger partial charge in [-0.05, 0) is 0 Å². The number of nitrogens with one attached hydrogen (secondary N) is 1. The molecule has 1 aliphatic heterocycles. The summed E-state index contributed by atoms with van der Waals surface area (Å²) in [6.07, 6.45) is -3.65. The van der Waals surface area contributed by atoms with E-state index >= 15 is 0 Å². The van der Waals surface area contributed by atoms with Gasteiger partial charge in [0.1, 0.15) is 0 Å². The molecule has 1 aliphatic rings. The van der Waals surface area contributed by atoms with Crippen molar-refractivity contribution < 1.29 is 20.1 Å². The van der Waals surface area contributed by atoms with E-state index in [0.717, 1.165) is 16.8 Å². The molecule has 0 aromatic carbocycles. The first kappa shape index (κ1) is 13.6. The van der Waals surface area contributed by atoms with Crippen LogP contribution in [-0.2, 0) is 4.74 Å². The van der Waals surface area contributed by atoms with Crippen molar-refractivity contribution in [1.29, 1.82) is 0 Å². The van der Waals surface area contributed by atoms with E-state index in [9.17, 15) is 24.9 Å². The van der Waals surface area contributed by atoms with Gasteiger partial charge in [0.15, 0.2) is 0 Å². The molecule has 0 amide bonds. The molecule has 2 rings (SSSR count). The number of rotatable bonds is 2. The molecule has 4 atom stereocenters. The molecule has 98 valence electrons. The van der Waals surface area contributed by atoms with Gasteiger partial charge in [0.05, 0.1) is 0 Å². The van der Waals surface area contributed by atoms with Crippen LogP contribution < -0.4 is 11.2 Å². The molecule has 2 heterocycles. The first-order valence-electron chi connectivity index (χ1n) is 5.12. The fourth-order valence-electron chi connectivity index (χ4n) is 1.79. The van der Waals surface area contributed by atoms with Gasteiger partial charge >= 0.3 is 113 Å². The Morgan fingerprint density at radius 1 is 1.39 bits per heavy atom. The van der Waals surface area contributed by atoms with Crippen LogP contribution in [0.2, 0.25) is 0 Å². The van der Waals surface area contributed by atoms with Crippen LogP contribution in [0.1, 0.15) is 6.23 Å². The first-order chi connectivity index (χ1) is 8.41. The number of aromatic amines is 1. The van der Waals surface area contributed by atoms with Gasteiger partial charge in [0.25, 0.3) is 0 Å². The topological polar surface area (TPSA) is 125 Å². The second-order valence-corrected chi connectivity index (χ2v) is 6.00. The van der Waals surface area contributed by atoms with Crippen molar-refractivity contribution in [2.45, 2.75) is 24.5 Å². The van der Waals surface area contributed by atoms with E-state index in [0.29, 0.717) is 0 Å². The number of aliphatic hydroxyl groups is 3. The maximum atomic E-state index is 11.5. The third-order valence-corrected chi connectivity index (χ3v) is 3.84. The van der Waals surface area contributed by atoms with E-state index in [2.05, 4.69) is 0 Å². The van der Waals surface area contributed by atoms with Gasteiger partial charge < -0.3 is 0 Å². The zero-order valence-corrected chi connectivity index (χ0v) is 13.2. The second kappa shape index (κ2) is 5.05. The average Bonchev–Trinajstić information content (AvgIpc) is 2.57. The predicted molar refractivity (Wildman–Crippen MR) is 62.7 cm³/mol. The van der Waals surface area contributed by atoms with Crippen LogP contribution in [0.5, 0.6) is 0 Å². The quantitative estimate of drug-likeness (QED) is 0.401. The van der Waals surface area contributed by atoms with Gasteiger partial charge in [-0.2, -0.15) is 0 Å². The molecule has 4 N–H and O–H groups in total. The molecule has 1 saturated heterocycles. The Hall–Kier alpha value is -0.811. The molecule has 0 radical (unpaired) electrons. The molecule has 1 fully saturated rings. The van der Waals surface area contributed by atoms with Gasteiger partial charge in [-0.3, -0.25) is 0 Å². The SMILES string of the molecule is O=c1ccn([C@@H]2O[C@H]([C](O)=[SnH2])[C@@H](O)[C@H]2O)c(=O)[nH]1. The zero-order valence-electron chi connectivity index (χ0n) is 9.18. The number of hydrogen-bond donors (Lipinski definition) is 4. The maximum absolute atomic E-state index is 11.5. The van der Waals surface area contributed by atoms with Gasteiger partial charge in [0, 0.05) is 0 Å². The van der Waals surface area contributed by atoms with Crippen molar-refractivity contribution in [3.63, 3.8) is 0 Å². The van der Waals surface area contributed by atoms with Crippen LogP contribution in [0, 0.1) is 0 Å². The number of aliphatic hydroxyl groups excluding tert-OH is 3. The average molecular weight is 363 g/mol. The molecule has 0 saturated carbocycles. The summed E-state index contributed by atoms with van der Waals surface area (Å²) in [7, 11) is 0. The Bertz CT molecular complexity index is 581. The van der Waals surface area contributed by atoms with Gasteiger partial charge in [0.2, 0.25) is 0 Å². The van der Waals surface area contributed by atoms with Crippen LogP contribution in [0.4, 0.5) is 0 Å². The van der Waals surface area contributed by atoms with E-state index in [1.54, 1.807) is 0 Å². The number of aromatic nitrogens is 2. The molecule has 8 nitrogen and oxygen atoms in total. The number of hydrogen-bond acceptors (Lipinski definition) is 6. The van der Waals surface area contributed by atoms with E-state index < -0.39 is 35.8 Å². The van der Waals surface area contributed by atoms with E-state index in [-0.39, 0.29) is 25.8 Å². The molecule has 0 unspecified atom stereocenters. The summed E-state index contributed by atoms with van der Waals surface area (Å²) >= 11 is 0.0378. The molecule has 9 heteroatoms. The van der Waals surface area contributed by atoms with Crippen molar-refractivity contribution in [3.05, 3.63) is 33.1 Å². The summed E-state index contributed by atoms with van der Waals surface area (Å²) in [4.78, 5) is 24.5. The first-order valence-corrected chi connectivity index (χ1v) is 7.14. The standard InChI is InChI=1S/C9H10N2O6.Sn.2H/c12-3-4-6(14)7(15)8(17-4)11-2-1-5(13)10-9(11)16;;;/h1-2,4,6-8,12,14-15H,(H,10,13,16);;;/t4-,6-,7-,8-;;;/m1.../s1.